The van der Waals surface area contributed by atoms with E-state index in [1.165, 1.54) is 11.1 Å². The van der Waals surface area contributed by atoms with Crippen molar-refractivity contribution in [3.8, 4) is 0 Å². The number of carbonyl (C=O) groups is 1. The summed E-state index contributed by atoms with van der Waals surface area (Å²) in [5.41, 5.74) is 1.80. The number of carboxylic acids is 1. The first-order valence-electron chi connectivity index (χ1n) is 5.84. The van der Waals surface area contributed by atoms with Crippen LogP contribution in [0.2, 0.25) is 0 Å². The van der Waals surface area contributed by atoms with Crippen LogP contribution >= 0.6 is 0 Å². The molecular formula is C14H16O2. The number of carboxylic acid groups (broad SMARTS) is 1. The number of aliphatic carboxylic acids is 1. The molecule has 84 valence electrons. The van der Waals surface area contributed by atoms with Crippen molar-refractivity contribution in [2.45, 2.75) is 32.1 Å². The van der Waals surface area contributed by atoms with E-state index < -0.39 is 11.4 Å². The molecule has 0 bridgehead atoms. The summed E-state index contributed by atoms with van der Waals surface area (Å²) < 4.78 is 0. The van der Waals surface area contributed by atoms with Crippen LogP contribution in [0.5, 0.6) is 0 Å². The molecule has 1 aromatic rings. The molecule has 0 amide bonds. The molecule has 2 nitrogen and oxygen atoms in total. The van der Waals surface area contributed by atoms with Gasteiger partial charge in [0.1, 0.15) is 0 Å². The fraction of sp³-hybridized carbons (Fsp3) is 0.500. The highest BCUT2D eigenvalue weighted by Gasteiger charge is 2.69. The van der Waals surface area contributed by atoms with Gasteiger partial charge in [0.2, 0.25) is 0 Å². The molecule has 2 aliphatic rings. The monoisotopic (exact) mass is 216 g/mol. The lowest BCUT2D eigenvalue weighted by atomic mass is 9.45. The summed E-state index contributed by atoms with van der Waals surface area (Å²) in [6, 6.07) is 8.21. The van der Waals surface area contributed by atoms with Crippen LogP contribution in [-0.2, 0) is 16.6 Å². The van der Waals surface area contributed by atoms with Crippen molar-refractivity contribution in [1.82, 2.24) is 0 Å². The first-order valence-corrected chi connectivity index (χ1v) is 5.84. The van der Waals surface area contributed by atoms with Crippen molar-refractivity contribution < 1.29 is 9.90 Å². The van der Waals surface area contributed by atoms with Gasteiger partial charge >= 0.3 is 5.97 Å². The number of hydrogen-bond donors (Lipinski definition) is 1. The smallest absolute Gasteiger partial charge is 0.311 e. The van der Waals surface area contributed by atoms with E-state index in [1.807, 2.05) is 12.1 Å². The minimum Gasteiger partial charge on any atom is -0.481 e. The predicted octanol–water partition coefficient (Wildman–Crippen LogP) is 2.61. The van der Waals surface area contributed by atoms with E-state index >= 15 is 0 Å². The summed E-state index contributed by atoms with van der Waals surface area (Å²) in [5.74, 6) is -0.340. The maximum absolute atomic E-state index is 11.7. The lowest BCUT2D eigenvalue weighted by Crippen LogP contribution is -2.61. The fourth-order valence-corrected chi connectivity index (χ4v) is 4.14. The number of hydrogen-bond acceptors (Lipinski definition) is 1. The standard InChI is InChI=1S/C14H16O2/c1-9-7-13(2)11-6-4-3-5-10(11)8-14(9,13)12(15)16/h3-6,9H,7-8H2,1-2H3,(H,15,16)/t9-,13-,14-/m1/s1. The molecule has 0 spiro atoms. The zero-order valence-corrected chi connectivity index (χ0v) is 9.66. The van der Waals surface area contributed by atoms with Gasteiger partial charge in [-0.2, -0.15) is 0 Å². The molecule has 0 aliphatic heterocycles. The third-order valence-electron chi connectivity index (χ3n) is 5.00. The molecule has 1 fully saturated rings. The minimum absolute atomic E-state index is 0.144. The summed E-state index contributed by atoms with van der Waals surface area (Å²) in [4.78, 5) is 11.7. The highest BCUT2D eigenvalue weighted by atomic mass is 16.4. The van der Waals surface area contributed by atoms with Gasteiger partial charge in [0.15, 0.2) is 0 Å². The Labute approximate surface area is 95.3 Å². The molecule has 0 radical (unpaired) electrons. The molecule has 1 aromatic carbocycles. The zero-order valence-electron chi connectivity index (χ0n) is 9.66. The highest BCUT2D eigenvalue weighted by molar-refractivity contribution is 5.82. The maximum atomic E-state index is 11.7. The molecule has 1 N–H and O–H groups in total. The van der Waals surface area contributed by atoms with Crippen molar-refractivity contribution in [1.29, 1.82) is 0 Å². The maximum Gasteiger partial charge on any atom is 0.311 e. The second kappa shape index (κ2) is 2.68. The van der Waals surface area contributed by atoms with E-state index in [1.54, 1.807) is 0 Å². The average Bonchev–Trinajstić information content (AvgIpc) is 2.45. The van der Waals surface area contributed by atoms with Crippen molar-refractivity contribution in [2.75, 3.05) is 0 Å². The molecule has 1 saturated carbocycles. The van der Waals surface area contributed by atoms with E-state index in [0.29, 0.717) is 6.42 Å². The molecule has 3 rings (SSSR count). The highest BCUT2D eigenvalue weighted by Crippen LogP contribution is 2.67. The van der Waals surface area contributed by atoms with Crippen LogP contribution in [0.4, 0.5) is 0 Å². The van der Waals surface area contributed by atoms with Crippen LogP contribution in [0.1, 0.15) is 31.4 Å². The van der Waals surface area contributed by atoms with E-state index in [0.717, 1.165) is 6.42 Å². The van der Waals surface area contributed by atoms with Gasteiger partial charge in [-0.05, 0) is 29.9 Å². The number of fused-ring (bicyclic) bond motifs is 3. The van der Waals surface area contributed by atoms with Crippen LogP contribution in [0.15, 0.2) is 24.3 Å². The Morgan fingerprint density at radius 2 is 2.12 bits per heavy atom. The molecule has 0 saturated heterocycles. The topological polar surface area (TPSA) is 37.3 Å². The quantitative estimate of drug-likeness (QED) is 0.783. The van der Waals surface area contributed by atoms with Gasteiger partial charge < -0.3 is 5.11 Å². The average molecular weight is 216 g/mol. The third kappa shape index (κ3) is 0.796. The van der Waals surface area contributed by atoms with Crippen LogP contribution < -0.4 is 0 Å². The van der Waals surface area contributed by atoms with Crippen LogP contribution in [-0.4, -0.2) is 11.1 Å². The summed E-state index contributed by atoms with van der Waals surface area (Å²) >= 11 is 0. The normalized spacial score (nSPS) is 39.8. The number of benzene rings is 1. The second-order valence-electron chi connectivity index (χ2n) is 5.55. The molecule has 16 heavy (non-hydrogen) atoms. The molecule has 0 aromatic heterocycles. The summed E-state index contributed by atoms with van der Waals surface area (Å²) in [6.45, 7) is 4.19. The molecule has 0 heterocycles. The predicted molar refractivity (Wildman–Crippen MR) is 61.3 cm³/mol. The minimum atomic E-state index is -0.620. The molecule has 3 atom stereocenters. The van der Waals surface area contributed by atoms with Gasteiger partial charge in [0, 0.05) is 5.41 Å². The first-order chi connectivity index (χ1) is 7.52. The van der Waals surface area contributed by atoms with Gasteiger partial charge in [-0.1, -0.05) is 38.1 Å². The summed E-state index contributed by atoms with van der Waals surface area (Å²) in [6.07, 6.45) is 1.70. The Hall–Kier alpha value is -1.31. The van der Waals surface area contributed by atoms with Crippen molar-refractivity contribution >= 4 is 5.97 Å². The Bertz CT molecular complexity index is 479. The molecule has 0 unspecified atom stereocenters. The van der Waals surface area contributed by atoms with Crippen molar-refractivity contribution in [2.24, 2.45) is 11.3 Å². The van der Waals surface area contributed by atoms with Gasteiger partial charge in [-0.3, -0.25) is 4.79 Å². The Morgan fingerprint density at radius 1 is 1.44 bits per heavy atom. The third-order valence-corrected chi connectivity index (χ3v) is 5.00. The summed E-state index contributed by atoms with van der Waals surface area (Å²) in [5, 5.41) is 9.60. The van der Waals surface area contributed by atoms with E-state index in [2.05, 4.69) is 26.0 Å². The van der Waals surface area contributed by atoms with E-state index in [-0.39, 0.29) is 11.3 Å². The number of rotatable bonds is 1. The summed E-state index contributed by atoms with van der Waals surface area (Å²) in [7, 11) is 0. The lowest BCUT2D eigenvalue weighted by Gasteiger charge is -2.56. The first kappa shape index (κ1) is 9.88. The van der Waals surface area contributed by atoms with Crippen molar-refractivity contribution in [3.05, 3.63) is 35.4 Å². The lowest BCUT2D eigenvalue weighted by molar-refractivity contribution is -0.171. The van der Waals surface area contributed by atoms with Gasteiger partial charge in [-0.15, -0.1) is 0 Å². The van der Waals surface area contributed by atoms with E-state index in [4.69, 9.17) is 0 Å². The van der Waals surface area contributed by atoms with E-state index in [9.17, 15) is 9.90 Å². The Kier molecular flexibility index (Phi) is 1.65. The molecule has 2 heteroatoms. The van der Waals surface area contributed by atoms with Crippen LogP contribution in [0.3, 0.4) is 0 Å². The largest absolute Gasteiger partial charge is 0.481 e. The van der Waals surface area contributed by atoms with Gasteiger partial charge in [0.05, 0.1) is 5.41 Å². The Balaban J connectivity index is 2.21. The fourth-order valence-electron chi connectivity index (χ4n) is 4.14. The molecular weight excluding hydrogens is 200 g/mol. The zero-order chi connectivity index (χ0) is 11.6. The molecule has 2 aliphatic carbocycles. The second-order valence-corrected chi connectivity index (χ2v) is 5.55. The SMILES string of the molecule is C[C@@H]1C[C@]2(C)c3ccccc3C[C@]12C(=O)O. The van der Waals surface area contributed by atoms with Crippen molar-refractivity contribution in [3.63, 3.8) is 0 Å². The van der Waals surface area contributed by atoms with Gasteiger partial charge in [-0.25, -0.2) is 0 Å². The van der Waals surface area contributed by atoms with Gasteiger partial charge in [0.25, 0.3) is 0 Å². The van der Waals surface area contributed by atoms with Crippen LogP contribution in [0.25, 0.3) is 0 Å². The Morgan fingerprint density at radius 3 is 2.75 bits per heavy atom. The van der Waals surface area contributed by atoms with Crippen LogP contribution in [0, 0.1) is 11.3 Å².